The van der Waals surface area contributed by atoms with Crippen molar-refractivity contribution >= 4 is 83.9 Å². The first-order chi connectivity index (χ1) is 34.5. The number of nitrogens with one attached hydrogen (secondary N) is 8. The van der Waals surface area contributed by atoms with E-state index in [0.29, 0.717) is 11.1 Å². The standard InChI is InChI=1S/C47H65N9O17S/c1-46(2,24-47(3,4)56-34(57)17-15-28(41(66)67)54-45(73)55-29(42(68)69)16-18-35(58)59)44(72)53-31(20-26-13-9-6-10-14-26)39(64)51-30(19-25-11-7-5-8-12-25)38(63)49-22-27(48)37(62)50-32(21-36(60)61)40(65)52-33(23-74)43(70)71/h5-14,27-33,74H,15-24,48H2,1-4H3,(H,49,63)(H,50,62)(H,51,64)(H,52,65)(H,53,72)(H,56,57)(H,58,59)(H,60,61)(H,66,67)(H,68,69)(H,70,71)(H2,54,55,73)/t27-,28-,29-,30-,31-,32-,33?/m0/s1. The Hall–Kier alpha value is -7.81. The number of amides is 8. The van der Waals surface area contributed by atoms with E-state index in [4.69, 9.17) is 10.8 Å². The van der Waals surface area contributed by atoms with Crippen LogP contribution in [0.2, 0.25) is 0 Å². The summed E-state index contributed by atoms with van der Waals surface area (Å²) >= 11 is 3.85. The summed E-state index contributed by atoms with van der Waals surface area (Å²) in [6, 6.07) is 4.98. The van der Waals surface area contributed by atoms with Gasteiger partial charge in [0.1, 0.15) is 42.3 Å². The van der Waals surface area contributed by atoms with Crippen LogP contribution in [0.4, 0.5) is 4.79 Å². The molecule has 0 aliphatic heterocycles. The zero-order chi connectivity index (χ0) is 55.9. The fourth-order valence-corrected chi connectivity index (χ4v) is 7.62. The molecule has 0 aliphatic carbocycles. The van der Waals surface area contributed by atoms with Gasteiger partial charge in [-0.25, -0.2) is 19.2 Å². The molecule has 0 saturated heterocycles. The Balaban J connectivity index is 2.24. The van der Waals surface area contributed by atoms with Crippen LogP contribution in [0.25, 0.3) is 0 Å². The second-order valence-electron chi connectivity index (χ2n) is 18.4. The molecule has 2 aromatic rings. The van der Waals surface area contributed by atoms with Gasteiger partial charge < -0.3 is 73.8 Å². The molecule has 0 spiro atoms. The van der Waals surface area contributed by atoms with E-state index >= 15 is 0 Å². The SMILES string of the molecule is CC(C)(CC(C)(C)C(=O)N[C@@H](Cc1ccccc1)C(=O)N[C@@H](Cc1ccccc1)C(=O)NC[C@H](N)C(=O)N[C@@H](CC(=O)O)C(=O)NC(CS)C(=O)O)NC(=O)CC[C@H](NC(=O)N[C@@H](CCC(=O)O)C(=O)O)C(=O)O. The predicted molar refractivity (Wildman–Crippen MR) is 264 cm³/mol. The summed E-state index contributed by atoms with van der Waals surface area (Å²) in [5, 5.41) is 65.4. The van der Waals surface area contributed by atoms with E-state index in [1.54, 1.807) is 88.4 Å². The minimum atomic E-state index is -1.76. The number of carbonyl (C=O) groups excluding carboxylic acids is 7. The maximum absolute atomic E-state index is 14.3. The van der Waals surface area contributed by atoms with Crippen LogP contribution in [0, 0.1) is 5.41 Å². The molecule has 15 N–H and O–H groups in total. The largest absolute Gasteiger partial charge is 0.481 e. The summed E-state index contributed by atoms with van der Waals surface area (Å²) in [6.07, 6.45) is -3.15. The van der Waals surface area contributed by atoms with E-state index < -0.39 is 163 Å². The third-order valence-electron chi connectivity index (χ3n) is 11.0. The Morgan fingerprint density at radius 2 is 0.986 bits per heavy atom. The molecule has 0 fully saturated rings. The zero-order valence-corrected chi connectivity index (χ0v) is 41.9. The zero-order valence-electron chi connectivity index (χ0n) is 41.0. The van der Waals surface area contributed by atoms with Crippen LogP contribution in [0.15, 0.2) is 60.7 Å². The molecule has 0 heterocycles. The van der Waals surface area contributed by atoms with Crippen LogP contribution < -0.4 is 48.3 Å². The molecule has 1 unspecified atom stereocenters. The monoisotopic (exact) mass is 1060 g/mol. The first-order valence-electron chi connectivity index (χ1n) is 23.0. The normalized spacial score (nSPS) is 14.1. The van der Waals surface area contributed by atoms with Crippen molar-refractivity contribution in [2.75, 3.05) is 12.3 Å². The smallest absolute Gasteiger partial charge is 0.327 e. The summed E-state index contributed by atoms with van der Waals surface area (Å²) in [4.78, 5) is 151. The van der Waals surface area contributed by atoms with Crippen molar-refractivity contribution in [3.63, 3.8) is 0 Å². The first-order valence-corrected chi connectivity index (χ1v) is 23.6. The van der Waals surface area contributed by atoms with Crippen molar-refractivity contribution in [3.05, 3.63) is 71.8 Å². The quantitative estimate of drug-likeness (QED) is 0.0371. The Morgan fingerprint density at radius 3 is 1.45 bits per heavy atom. The van der Waals surface area contributed by atoms with Crippen molar-refractivity contribution in [2.24, 2.45) is 11.1 Å². The highest BCUT2D eigenvalue weighted by molar-refractivity contribution is 7.80. The van der Waals surface area contributed by atoms with Crippen molar-refractivity contribution in [1.82, 2.24) is 42.5 Å². The molecule has 26 nitrogen and oxygen atoms in total. The fraction of sp³-hybridized carbons (Fsp3) is 0.489. The highest BCUT2D eigenvalue weighted by Crippen LogP contribution is 2.29. The number of thiol groups is 1. The number of carbonyl (C=O) groups is 12. The van der Waals surface area contributed by atoms with Crippen LogP contribution in [-0.4, -0.2) is 157 Å². The van der Waals surface area contributed by atoms with Gasteiger partial charge in [-0.3, -0.25) is 38.4 Å². The van der Waals surface area contributed by atoms with E-state index in [0.717, 1.165) is 0 Å². The minimum Gasteiger partial charge on any atom is -0.481 e. The van der Waals surface area contributed by atoms with Gasteiger partial charge in [0.2, 0.25) is 35.4 Å². The van der Waals surface area contributed by atoms with Crippen LogP contribution >= 0.6 is 12.6 Å². The van der Waals surface area contributed by atoms with E-state index in [1.165, 1.54) is 0 Å². The van der Waals surface area contributed by atoms with Crippen LogP contribution in [-0.2, 0) is 65.6 Å². The molecular weight excluding hydrogens is 995 g/mol. The Morgan fingerprint density at radius 1 is 0.541 bits per heavy atom. The van der Waals surface area contributed by atoms with E-state index in [9.17, 15) is 78.0 Å². The van der Waals surface area contributed by atoms with Gasteiger partial charge >= 0.3 is 35.9 Å². The first kappa shape index (κ1) is 62.3. The van der Waals surface area contributed by atoms with Gasteiger partial charge in [-0.1, -0.05) is 74.5 Å². The summed E-state index contributed by atoms with van der Waals surface area (Å²) in [5.41, 5.74) is 4.74. The van der Waals surface area contributed by atoms with Crippen molar-refractivity contribution in [1.29, 1.82) is 0 Å². The van der Waals surface area contributed by atoms with Gasteiger partial charge in [-0.2, -0.15) is 12.6 Å². The number of hydrogen-bond acceptors (Lipinski definition) is 14. The molecule has 74 heavy (non-hydrogen) atoms. The Labute approximate surface area is 430 Å². The topological polar surface area (TPSA) is 428 Å². The maximum Gasteiger partial charge on any atom is 0.327 e. The number of carboxylic acids is 5. The molecule has 0 aliphatic rings. The third kappa shape index (κ3) is 22.7. The minimum absolute atomic E-state index is 0.0553. The maximum atomic E-state index is 14.3. The van der Waals surface area contributed by atoms with Gasteiger partial charge in [-0.15, -0.1) is 0 Å². The van der Waals surface area contributed by atoms with E-state index in [1.807, 2.05) is 5.32 Å². The molecule has 2 aromatic carbocycles. The highest BCUT2D eigenvalue weighted by Gasteiger charge is 2.39. The molecule has 27 heteroatoms. The number of urea groups is 1. The lowest BCUT2D eigenvalue weighted by Crippen LogP contribution is -2.59. The van der Waals surface area contributed by atoms with Crippen molar-refractivity contribution < 1.29 is 83.1 Å². The fourth-order valence-electron chi connectivity index (χ4n) is 7.38. The Bertz CT molecular complexity index is 2340. The van der Waals surface area contributed by atoms with Crippen LogP contribution in [0.3, 0.4) is 0 Å². The second-order valence-corrected chi connectivity index (χ2v) is 18.8. The summed E-state index contributed by atoms with van der Waals surface area (Å²) in [5.74, 6) is -12.9. The van der Waals surface area contributed by atoms with E-state index in [2.05, 4.69) is 49.8 Å². The molecule has 0 saturated carbocycles. The van der Waals surface area contributed by atoms with Crippen molar-refractivity contribution in [3.8, 4) is 0 Å². The molecule has 2 rings (SSSR count). The molecule has 406 valence electrons. The molecule has 0 radical (unpaired) electrons. The predicted octanol–water partition coefficient (Wildman–Crippen LogP) is -1.49. The number of aliphatic carboxylic acids is 5. The van der Waals surface area contributed by atoms with Gasteiger partial charge in [0, 0.05) is 48.9 Å². The van der Waals surface area contributed by atoms with Gasteiger partial charge in [0.15, 0.2) is 0 Å². The highest BCUT2D eigenvalue weighted by atomic mass is 32.1. The molecule has 0 bridgehead atoms. The molecule has 0 aromatic heterocycles. The number of benzene rings is 2. The molecular formula is C47H65N9O17S. The lowest BCUT2D eigenvalue weighted by molar-refractivity contribution is -0.143. The lowest BCUT2D eigenvalue weighted by atomic mass is 9.79. The average molecular weight is 1060 g/mol. The number of carboxylic acid groups (broad SMARTS) is 5. The second kappa shape index (κ2) is 29.6. The van der Waals surface area contributed by atoms with E-state index in [-0.39, 0.29) is 25.0 Å². The number of rotatable bonds is 32. The van der Waals surface area contributed by atoms with Gasteiger partial charge in [0.05, 0.1) is 6.42 Å². The summed E-state index contributed by atoms with van der Waals surface area (Å²) < 4.78 is 0. The third-order valence-corrected chi connectivity index (χ3v) is 11.3. The number of nitrogens with two attached hydrogens (primary N) is 1. The van der Waals surface area contributed by atoms with Crippen LogP contribution in [0.1, 0.15) is 77.3 Å². The number of hydrogen-bond donors (Lipinski definition) is 15. The van der Waals surface area contributed by atoms with Gasteiger partial charge in [0.25, 0.3) is 0 Å². The molecule has 7 atom stereocenters. The van der Waals surface area contributed by atoms with Crippen molar-refractivity contribution in [2.45, 2.75) is 127 Å². The summed E-state index contributed by atoms with van der Waals surface area (Å²) in [6.45, 7) is 5.69. The molecule has 8 amide bonds. The van der Waals surface area contributed by atoms with Gasteiger partial charge in [-0.05, 0) is 44.2 Å². The lowest BCUT2D eigenvalue weighted by Gasteiger charge is -2.36. The van der Waals surface area contributed by atoms with Crippen LogP contribution in [0.5, 0.6) is 0 Å². The summed E-state index contributed by atoms with van der Waals surface area (Å²) in [7, 11) is 0. The Kier molecular flexibility index (Phi) is 25.0. The average Bonchev–Trinajstić information content (AvgIpc) is 3.31.